The Balaban J connectivity index is 2.87. The van der Waals surface area contributed by atoms with Crippen molar-refractivity contribution >= 4 is 11.9 Å². The lowest BCUT2D eigenvalue weighted by Gasteiger charge is -2.32. The first-order valence-corrected chi connectivity index (χ1v) is 7.05. The zero-order valence-electron chi connectivity index (χ0n) is 11.8. The van der Waals surface area contributed by atoms with E-state index in [1.807, 2.05) is 6.92 Å². The van der Waals surface area contributed by atoms with Crippen LogP contribution in [0.3, 0.4) is 0 Å². The molecule has 0 radical (unpaired) electrons. The number of hydrogen-bond acceptors (Lipinski definition) is 4. The molecule has 0 aromatic rings. The van der Waals surface area contributed by atoms with Crippen LogP contribution in [0.25, 0.3) is 0 Å². The van der Waals surface area contributed by atoms with Crippen molar-refractivity contribution in [1.82, 2.24) is 0 Å². The smallest absolute Gasteiger partial charge is 0.323 e. The molecule has 0 saturated carbocycles. The number of carbonyl (C=O) groups is 2. The van der Waals surface area contributed by atoms with Gasteiger partial charge in [-0.15, -0.1) is 0 Å². The Kier molecular flexibility index (Phi) is 6.28. The third-order valence-corrected chi connectivity index (χ3v) is 3.73. The van der Waals surface area contributed by atoms with Crippen LogP contribution in [0.1, 0.15) is 46.0 Å². The molecule has 0 aromatic carbocycles. The number of esters is 1. The van der Waals surface area contributed by atoms with E-state index in [1.165, 1.54) is 0 Å². The molecule has 1 unspecified atom stereocenters. The summed E-state index contributed by atoms with van der Waals surface area (Å²) in [7, 11) is 0. The van der Waals surface area contributed by atoms with Gasteiger partial charge in [0, 0.05) is 13.2 Å². The number of carboxylic acids is 1. The standard InChI is InChI=1S/C14H24O5/c1-3-7-14(12(15)16,13(17)19-4-2)10-11-5-8-18-9-6-11/h11H,3-10H2,1-2H3,(H,15,16). The molecule has 5 nitrogen and oxygen atoms in total. The van der Waals surface area contributed by atoms with Gasteiger partial charge in [0.15, 0.2) is 5.41 Å². The zero-order chi connectivity index (χ0) is 14.3. The second kappa shape index (κ2) is 7.48. The van der Waals surface area contributed by atoms with E-state index in [2.05, 4.69) is 0 Å². The maximum Gasteiger partial charge on any atom is 0.323 e. The Hall–Kier alpha value is -1.10. The van der Waals surface area contributed by atoms with Crippen LogP contribution >= 0.6 is 0 Å². The lowest BCUT2D eigenvalue weighted by molar-refractivity contribution is -0.171. The fourth-order valence-corrected chi connectivity index (χ4v) is 2.71. The normalized spacial score (nSPS) is 19.7. The van der Waals surface area contributed by atoms with Crippen LogP contribution in [-0.2, 0) is 19.1 Å². The van der Waals surface area contributed by atoms with Crippen molar-refractivity contribution in [2.45, 2.75) is 46.0 Å². The number of rotatable bonds is 7. The third kappa shape index (κ3) is 3.93. The van der Waals surface area contributed by atoms with Crippen molar-refractivity contribution in [1.29, 1.82) is 0 Å². The van der Waals surface area contributed by atoms with Crippen molar-refractivity contribution < 1.29 is 24.2 Å². The van der Waals surface area contributed by atoms with Crippen molar-refractivity contribution in [3.8, 4) is 0 Å². The summed E-state index contributed by atoms with van der Waals surface area (Å²) >= 11 is 0. The highest BCUT2D eigenvalue weighted by atomic mass is 16.5. The molecule has 0 aromatic heterocycles. The highest BCUT2D eigenvalue weighted by Crippen LogP contribution is 2.37. The number of aliphatic carboxylic acids is 1. The van der Waals surface area contributed by atoms with Gasteiger partial charge in [0.25, 0.3) is 0 Å². The highest BCUT2D eigenvalue weighted by molar-refractivity contribution is 5.99. The summed E-state index contributed by atoms with van der Waals surface area (Å²) in [5, 5.41) is 9.55. The van der Waals surface area contributed by atoms with E-state index in [4.69, 9.17) is 9.47 Å². The Morgan fingerprint density at radius 3 is 2.42 bits per heavy atom. The topological polar surface area (TPSA) is 72.8 Å². The van der Waals surface area contributed by atoms with Crippen LogP contribution in [0.2, 0.25) is 0 Å². The van der Waals surface area contributed by atoms with Crippen LogP contribution in [0.5, 0.6) is 0 Å². The molecule has 0 aliphatic carbocycles. The molecule has 1 N–H and O–H groups in total. The van der Waals surface area contributed by atoms with Crippen molar-refractivity contribution in [3.63, 3.8) is 0 Å². The SMILES string of the molecule is CCCC(CC1CCOCC1)(C(=O)O)C(=O)OCC. The number of carbonyl (C=O) groups excluding carboxylic acids is 1. The van der Waals surface area contributed by atoms with E-state index in [9.17, 15) is 14.7 Å². The summed E-state index contributed by atoms with van der Waals surface area (Å²) in [5.41, 5.74) is -1.38. The maximum absolute atomic E-state index is 12.1. The van der Waals surface area contributed by atoms with Crippen molar-refractivity contribution in [3.05, 3.63) is 0 Å². The fourth-order valence-electron chi connectivity index (χ4n) is 2.71. The Morgan fingerprint density at radius 2 is 1.95 bits per heavy atom. The number of hydrogen-bond donors (Lipinski definition) is 1. The maximum atomic E-state index is 12.1. The largest absolute Gasteiger partial charge is 0.480 e. The second-order valence-electron chi connectivity index (χ2n) is 5.12. The summed E-state index contributed by atoms with van der Waals surface area (Å²) in [4.78, 5) is 23.8. The van der Waals surface area contributed by atoms with Gasteiger partial charge in [0.1, 0.15) is 0 Å². The predicted octanol–water partition coefficient (Wildman–Crippen LogP) is 2.24. The lowest BCUT2D eigenvalue weighted by Crippen LogP contribution is -2.43. The van der Waals surface area contributed by atoms with Gasteiger partial charge in [0.05, 0.1) is 6.61 Å². The minimum absolute atomic E-state index is 0.214. The number of carboxylic acid groups (broad SMARTS) is 1. The molecule has 0 spiro atoms. The van der Waals surface area contributed by atoms with Crippen LogP contribution in [-0.4, -0.2) is 36.9 Å². The van der Waals surface area contributed by atoms with Crippen molar-refractivity contribution in [2.24, 2.45) is 11.3 Å². The first kappa shape index (κ1) is 16.0. The van der Waals surface area contributed by atoms with Crippen LogP contribution in [0.15, 0.2) is 0 Å². The van der Waals surface area contributed by atoms with E-state index in [1.54, 1.807) is 6.92 Å². The molecule has 19 heavy (non-hydrogen) atoms. The first-order valence-electron chi connectivity index (χ1n) is 7.05. The molecule has 5 heteroatoms. The molecular formula is C14H24O5. The molecule has 1 aliphatic rings. The van der Waals surface area contributed by atoms with Gasteiger partial charge in [-0.05, 0) is 38.5 Å². The second-order valence-corrected chi connectivity index (χ2v) is 5.12. The molecule has 0 bridgehead atoms. The first-order chi connectivity index (χ1) is 9.06. The van der Waals surface area contributed by atoms with Gasteiger partial charge >= 0.3 is 11.9 Å². The molecule has 0 amide bonds. The van der Waals surface area contributed by atoms with Gasteiger partial charge in [-0.2, -0.15) is 0 Å². The summed E-state index contributed by atoms with van der Waals surface area (Å²) < 4.78 is 10.3. The monoisotopic (exact) mass is 272 g/mol. The molecule has 1 rings (SSSR count). The Bertz CT molecular complexity index is 309. The highest BCUT2D eigenvalue weighted by Gasteiger charge is 2.48. The van der Waals surface area contributed by atoms with Gasteiger partial charge in [-0.1, -0.05) is 13.3 Å². The molecule has 1 heterocycles. The van der Waals surface area contributed by atoms with E-state index >= 15 is 0 Å². The summed E-state index contributed by atoms with van der Waals surface area (Å²) in [6.07, 6.45) is 2.97. The van der Waals surface area contributed by atoms with Gasteiger partial charge in [-0.3, -0.25) is 9.59 Å². The molecule has 1 atom stereocenters. The zero-order valence-corrected chi connectivity index (χ0v) is 11.8. The molecule has 1 saturated heterocycles. The van der Waals surface area contributed by atoms with Gasteiger partial charge in [0.2, 0.25) is 0 Å². The lowest BCUT2D eigenvalue weighted by atomic mass is 9.74. The average Bonchev–Trinajstić information content (AvgIpc) is 2.39. The van der Waals surface area contributed by atoms with Gasteiger partial charge in [-0.25, -0.2) is 0 Å². The Labute approximate surface area is 114 Å². The average molecular weight is 272 g/mol. The predicted molar refractivity (Wildman–Crippen MR) is 69.8 cm³/mol. The Morgan fingerprint density at radius 1 is 1.32 bits per heavy atom. The summed E-state index contributed by atoms with van der Waals surface area (Å²) in [6.45, 7) is 5.10. The number of ether oxygens (including phenoxy) is 2. The summed E-state index contributed by atoms with van der Waals surface area (Å²) in [5.74, 6) is -1.42. The van der Waals surface area contributed by atoms with E-state index in [0.29, 0.717) is 32.5 Å². The minimum atomic E-state index is -1.38. The van der Waals surface area contributed by atoms with Crippen LogP contribution in [0.4, 0.5) is 0 Å². The fraction of sp³-hybridized carbons (Fsp3) is 0.857. The van der Waals surface area contributed by atoms with E-state index < -0.39 is 17.4 Å². The van der Waals surface area contributed by atoms with E-state index in [-0.39, 0.29) is 12.5 Å². The van der Waals surface area contributed by atoms with E-state index in [0.717, 1.165) is 12.8 Å². The third-order valence-electron chi connectivity index (χ3n) is 3.73. The molecule has 1 aliphatic heterocycles. The van der Waals surface area contributed by atoms with Crippen LogP contribution < -0.4 is 0 Å². The summed E-state index contributed by atoms with van der Waals surface area (Å²) in [6, 6.07) is 0. The molecule has 1 fully saturated rings. The van der Waals surface area contributed by atoms with Gasteiger partial charge < -0.3 is 14.6 Å². The minimum Gasteiger partial charge on any atom is -0.480 e. The molecular weight excluding hydrogens is 248 g/mol. The van der Waals surface area contributed by atoms with Crippen LogP contribution in [0, 0.1) is 11.3 Å². The van der Waals surface area contributed by atoms with Crippen molar-refractivity contribution in [2.75, 3.05) is 19.8 Å². The quantitative estimate of drug-likeness (QED) is 0.568. The molecule has 110 valence electrons.